The summed E-state index contributed by atoms with van der Waals surface area (Å²) in [7, 11) is 5.37. The molecular weight excluding hydrogens is 493 g/mol. The van der Waals surface area contributed by atoms with Crippen molar-refractivity contribution in [1.29, 1.82) is 0 Å². The van der Waals surface area contributed by atoms with Gasteiger partial charge in [0.2, 0.25) is 11.8 Å². The van der Waals surface area contributed by atoms with E-state index in [1.165, 1.54) is 0 Å². The fraction of sp³-hybridized carbons (Fsp3) is 0.591. The van der Waals surface area contributed by atoms with Crippen LogP contribution in [0.1, 0.15) is 51.0 Å². The van der Waals surface area contributed by atoms with Crippen LogP contribution in [0.25, 0.3) is 0 Å². The van der Waals surface area contributed by atoms with Gasteiger partial charge in [0.25, 0.3) is 0 Å². The van der Waals surface area contributed by atoms with Gasteiger partial charge < -0.3 is 20.9 Å². The van der Waals surface area contributed by atoms with Crippen LogP contribution in [0.5, 0.6) is 0 Å². The Balaban J connectivity index is 0.00000450. The number of carbonyl (C=O) groups is 2. The third kappa shape index (κ3) is 7.45. The van der Waals surface area contributed by atoms with E-state index in [1.54, 1.807) is 11.9 Å². The van der Waals surface area contributed by atoms with Crippen LogP contribution in [0.15, 0.2) is 29.3 Å². The number of nitrogens with zero attached hydrogens (tertiary/aromatic N) is 2. The number of rotatable bonds is 8. The summed E-state index contributed by atoms with van der Waals surface area (Å²) < 4.78 is 0. The van der Waals surface area contributed by atoms with Crippen LogP contribution in [0, 0.1) is 5.41 Å². The lowest BCUT2D eigenvalue weighted by Gasteiger charge is -2.31. The minimum Gasteiger partial charge on any atom is -0.355 e. The average Bonchev–Trinajstić information content (AvgIpc) is 3.18. The summed E-state index contributed by atoms with van der Waals surface area (Å²) in [6.45, 7) is 3.14. The minimum absolute atomic E-state index is 0. The minimum atomic E-state index is -0.343. The lowest BCUT2D eigenvalue weighted by atomic mass is 9.84. The molecule has 30 heavy (non-hydrogen) atoms. The van der Waals surface area contributed by atoms with Crippen molar-refractivity contribution in [2.24, 2.45) is 10.4 Å². The number of hydrogen-bond acceptors (Lipinski definition) is 3. The van der Waals surface area contributed by atoms with E-state index in [0.29, 0.717) is 25.5 Å². The van der Waals surface area contributed by atoms with Gasteiger partial charge in [0, 0.05) is 46.3 Å². The van der Waals surface area contributed by atoms with Gasteiger partial charge in [-0.05, 0) is 37.0 Å². The van der Waals surface area contributed by atoms with Gasteiger partial charge in [-0.1, -0.05) is 31.9 Å². The Morgan fingerprint density at radius 1 is 1.17 bits per heavy atom. The SMILES string of the molecule is CCCC(=O)Nc1cccc(CNC(=NC)NCC2(C(=O)N(C)C)CCCC2)c1.I. The van der Waals surface area contributed by atoms with Crippen LogP contribution in [-0.4, -0.2) is 50.4 Å². The van der Waals surface area contributed by atoms with E-state index in [1.807, 2.05) is 45.3 Å². The molecule has 0 spiro atoms. The summed E-state index contributed by atoms with van der Waals surface area (Å²) in [5.41, 5.74) is 1.50. The lowest BCUT2D eigenvalue weighted by Crippen LogP contribution is -2.49. The fourth-order valence-electron chi connectivity index (χ4n) is 3.86. The van der Waals surface area contributed by atoms with E-state index in [4.69, 9.17) is 0 Å². The summed E-state index contributed by atoms with van der Waals surface area (Å²) in [5.74, 6) is 0.888. The van der Waals surface area contributed by atoms with Crippen LogP contribution in [0.2, 0.25) is 0 Å². The van der Waals surface area contributed by atoms with E-state index < -0.39 is 0 Å². The molecular formula is C22H36IN5O2. The normalized spacial score (nSPS) is 15.1. The Morgan fingerprint density at radius 3 is 2.47 bits per heavy atom. The van der Waals surface area contributed by atoms with Gasteiger partial charge in [0.15, 0.2) is 5.96 Å². The quantitative estimate of drug-likeness (QED) is 0.274. The topological polar surface area (TPSA) is 85.8 Å². The maximum Gasteiger partial charge on any atom is 0.230 e. The monoisotopic (exact) mass is 529 g/mol. The largest absolute Gasteiger partial charge is 0.355 e. The van der Waals surface area contributed by atoms with E-state index in [9.17, 15) is 9.59 Å². The van der Waals surface area contributed by atoms with E-state index in [0.717, 1.165) is 43.4 Å². The van der Waals surface area contributed by atoms with Crippen LogP contribution >= 0.6 is 24.0 Å². The molecule has 0 saturated heterocycles. The number of guanidine groups is 1. The zero-order valence-electron chi connectivity index (χ0n) is 18.6. The van der Waals surface area contributed by atoms with Gasteiger partial charge in [0.05, 0.1) is 5.41 Å². The predicted molar refractivity (Wildman–Crippen MR) is 133 cm³/mol. The summed E-state index contributed by atoms with van der Waals surface area (Å²) in [6, 6.07) is 7.78. The van der Waals surface area contributed by atoms with Crippen LogP contribution in [0.4, 0.5) is 5.69 Å². The highest BCUT2D eigenvalue weighted by molar-refractivity contribution is 14.0. The van der Waals surface area contributed by atoms with E-state index in [-0.39, 0.29) is 41.2 Å². The molecule has 1 saturated carbocycles. The summed E-state index contributed by atoms with van der Waals surface area (Å²) in [5, 5.41) is 9.57. The van der Waals surface area contributed by atoms with Crippen molar-refractivity contribution in [3.05, 3.63) is 29.8 Å². The molecule has 2 amide bonds. The summed E-state index contributed by atoms with van der Waals surface area (Å²) in [6.07, 6.45) is 5.34. The highest BCUT2D eigenvalue weighted by Gasteiger charge is 2.42. The Bertz CT molecular complexity index is 730. The molecule has 3 N–H and O–H groups in total. The molecule has 0 atom stereocenters. The molecule has 1 fully saturated rings. The number of halogens is 1. The maximum absolute atomic E-state index is 12.7. The number of hydrogen-bond donors (Lipinski definition) is 3. The molecule has 7 nitrogen and oxygen atoms in total. The van der Waals surface area contributed by atoms with Gasteiger partial charge >= 0.3 is 0 Å². The highest BCUT2D eigenvalue weighted by Crippen LogP contribution is 2.38. The molecule has 0 heterocycles. The Morgan fingerprint density at radius 2 is 1.87 bits per heavy atom. The van der Waals surface area contributed by atoms with Crippen molar-refractivity contribution in [2.75, 3.05) is 33.0 Å². The van der Waals surface area contributed by atoms with Gasteiger partial charge in [-0.3, -0.25) is 14.6 Å². The number of amides is 2. The molecule has 0 radical (unpaired) electrons. The number of nitrogens with one attached hydrogen (secondary N) is 3. The molecule has 0 aliphatic heterocycles. The number of aliphatic imine (C=N–C) groups is 1. The first-order chi connectivity index (χ1) is 13.9. The van der Waals surface area contributed by atoms with E-state index >= 15 is 0 Å². The van der Waals surface area contributed by atoms with Gasteiger partial charge in [-0.15, -0.1) is 24.0 Å². The van der Waals surface area contributed by atoms with Gasteiger partial charge in [-0.2, -0.15) is 0 Å². The molecule has 1 aliphatic carbocycles. The Hall–Kier alpha value is -1.84. The summed E-state index contributed by atoms with van der Waals surface area (Å²) >= 11 is 0. The number of benzene rings is 1. The number of carbonyl (C=O) groups excluding carboxylic acids is 2. The molecule has 168 valence electrons. The highest BCUT2D eigenvalue weighted by atomic mass is 127. The molecule has 1 aliphatic rings. The van der Waals surface area contributed by atoms with Crippen molar-refractivity contribution < 1.29 is 9.59 Å². The second-order valence-electron chi connectivity index (χ2n) is 7.96. The van der Waals surface area contributed by atoms with Gasteiger partial charge in [-0.25, -0.2) is 0 Å². The third-order valence-electron chi connectivity index (χ3n) is 5.39. The predicted octanol–water partition coefficient (Wildman–Crippen LogP) is 3.36. The van der Waals surface area contributed by atoms with Gasteiger partial charge in [0.1, 0.15) is 0 Å². The van der Waals surface area contributed by atoms with Crippen LogP contribution in [0.3, 0.4) is 0 Å². The molecule has 0 aromatic heterocycles. The standard InChI is InChI=1S/C22H35N5O2.HI/c1-5-9-19(28)26-18-11-8-10-17(14-18)15-24-21(23-2)25-16-22(12-6-7-13-22)20(29)27(3)4;/h8,10-11,14H,5-7,9,12-13,15-16H2,1-4H3,(H,26,28)(H2,23,24,25);1H. The van der Waals surface area contributed by atoms with Crippen LogP contribution < -0.4 is 16.0 Å². The summed E-state index contributed by atoms with van der Waals surface area (Å²) in [4.78, 5) is 30.5. The smallest absolute Gasteiger partial charge is 0.230 e. The zero-order valence-corrected chi connectivity index (χ0v) is 20.9. The fourth-order valence-corrected chi connectivity index (χ4v) is 3.86. The first-order valence-electron chi connectivity index (χ1n) is 10.5. The molecule has 0 bridgehead atoms. The van der Waals surface area contributed by atoms with Crippen molar-refractivity contribution in [3.63, 3.8) is 0 Å². The lowest BCUT2D eigenvalue weighted by molar-refractivity contribution is -0.138. The zero-order chi connectivity index (χ0) is 21.3. The third-order valence-corrected chi connectivity index (χ3v) is 5.39. The Kier molecular flexibility index (Phi) is 11.1. The van der Waals surface area contributed by atoms with Crippen molar-refractivity contribution in [2.45, 2.75) is 52.0 Å². The maximum atomic E-state index is 12.7. The molecule has 8 heteroatoms. The molecule has 2 rings (SSSR count). The second kappa shape index (κ2) is 12.8. The van der Waals surface area contributed by atoms with Crippen molar-refractivity contribution >= 4 is 47.4 Å². The average molecular weight is 529 g/mol. The molecule has 0 unspecified atom stereocenters. The molecule has 1 aromatic carbocycles. The Labute approximate surface area is 197 Å². The van der Waals surface area contributed by atoms with Crippen LogP contribution in [-0.2, 0) is 16.1 Å². The van der Waals surface area contributed by atoms with Crippen molar-refractivity contribution in [3.8, 4) is 0 Å². The molecule has 1 aromatic rings. The first kappa shape index (κ1) is 26.2. The first-order valence-corrected chi connectivity index (χ1v) is 10.5. The van der Waals surface area contributed by atoms with E-state index in [2.05, 4.69) is 20.9 Å². The second-order valence-corrected chi connectivity index (χ2v) is 7.96. The van der Waals surface area contributed by atoms with Crippen molar-refractivity contribution in [1.82, 2.24) is 15.5 Å². The number of anilines is 1.